The van der Waals surface area contributed by atoms with Crippen LogP contribution in [0.15, 0.2) is 48.8 Å². The number of ether oxygens (including phenoxy) is 3. The van der Waals surface area contributed by atoms with Crippen LogP contribution in [-0.4, -0.2) is 84.1 Å². The second kappa shape index (κ2) is 12.2. The number of benzene rings is 2. The normalized spacial score (nSPS) is 15.3. The van der Waals surface area contributed by atoms with E-state index in [4.69, 9.17) is 14.2 Å². The van der Waals surface area contributed by atoms with Crippen molar-refractivity contribution in [3.8, 4) is 28.5 Å². The molecular formula is C33H37FN6O6S. The molecule has 0 radical (unpaired) electrons. The first kappa shape index (κ1) is 32.3. The first-order valence-corrected chi connectivity index (χ1v) is 17.0. The maximum absolute atomic E-state index is 15.8. The van der Waals surface area contributed by atoms with E-state index < -0.39 is 21.3 Å². The fourth-order valence-corrected chi connectivity index (χ4v) is 6.85. The zero-order valence-corrected chi connectivity index (χ0v) is 27.9. The lowest BCUT2D eigenvalue weighted by Gasteiger charge is -2.48. The predicted molar refractivity (Wildman–Crippen MR) is 179 cm³/mol. The van der Waals surface area contributed by atoms with Gasteiger partial charge in [0.15, 0.2) is 11.5 Å². The van der Waals surface area contributed by atoms with E-state index in [1.165, 1.54) is 18.3 Å². The molecule has 0 aliphatic carbocycles. The number of methoxy groups -OCH3 is 2. The Morgan fingerprint density at radius 2 is 1.79 bits per heavy atom. The smallest absolute Gasteiger partial charge is 0.241 e. The van der Waals surface area contributed by atoms with Gasteiger partial charge in [-0.2, -0.15) is 0 Å². The number of nitrogens with one attached hydrogen (secondary N) is 2. The van der Waals surface area contributed by atoms with Gasteiger partial charge in [0.2, 0.25) is 21.8 Å². The third kappa shape index (κ3) is 5.87. The number of likely N-dealkylation sites (N-methyl/N-ethyl adjacent to an activating group) is 1. The van der Waals surface area contributed by atoms with Gasteiger partial charge in [0, 0.05) is 78.8 Å². The molecule has 6 rings (SSSR count). The van der Waals surface area contributed by atoms with Crippen LogP contribution in [-0.2, 0) is 20.2 Å². The summed E-state index contributed by atoms with van der Waals surface area (Å²) in [5, 5.41) is 3.85. The third-order valence-electron chi connectivity index (χ3n) is 8.50. The molecule has 1 spiro atoms. The molecule has 14 heteroatoms. The van der Waals surface area contributed by atoms with Crippen LogP contribution < -0.4 is 34.0 Å². The van der Waals surface area contributed by atoms with Crippen molar-refractivity contribution in [3.05, 3.63) is 60.2 Å². The van der Waals surface area contributed by atoms with Crippen LogP contribution in [0.3, 0.4) is 0 Å². The monoisotopic (exact) mass is 664 g/mol. The summed E-state index contributed by atoms with van der Waals surface area (Å²) < 4.78 is 59.3. The minimum Gasteiger partial charge on any atom is -0.493 e. The number of carbonyl (C=O) groups excluding carboxylic acids is 1. The number of fused-ring (bicyclic) bond motifs is 4. The average Bonchev–Trinajstić information content (AvgIpc) is 3.24. The Morgan fingerprint density at radius 3 is 2.47 bits per heavy atom. The number of carbonyl (C=O) groups is 1. The second-order valence-corrected chi connectivity index (χ2v) is 13.9. The molecule has 2 aromatic heterocycles. The maximum Gasteiger partial charge on any atom is 0.241 e. The molecule has 2 N–H and O–H groups in total. The Balaban J connectivity index is 1.39. The van der Waals surface area contributed by atoms with Gasteiger partial charge in [-0.1, -0.05) is 13.8 Å². The molecule has 2 aliphatic rings. The standard InChI is InChI=1S/C33H37FN6O6S/c1-19(2)35-9-10-46-31-26(38-47(6,42)43)11-20(15-37-31)22-13-23-25(14-24(22)34)36-16-27-30(23)33(32(41)39(27)3)17-40(18-33)21-7-8-28(44-4)29(12-21)45-5/h7-8,11-16,19,35,38H,9-10,17-18H2,1-6H3. The number of amides is 1. The van der Waals surface area contributed by atoms with Crippen molar-refractivity contribution in [2.75, 3.05) is 68.3 Å². The summed E-state index contributed by atoms with van der Waals surface area (Å²) in [4.78, 5) is 26.4. The minimum atomic E-state index is -3.71. The third-order valence-corrected chi connectivity index (χ3v) is 9.09. The summed E-state index contributed by atoms with van der Waals surface area (Å²) in [5.74, 6) is 0.618. The molecule has 4 heterocycles. The summed E-state index contributed by atoms with van der Waals surface area (Å²) in [6.45, 7) is 5.56. The van der Waals surface area contributed by atoms with Crippen LogP contribution in [0, 0.1) is 5.82 Å². The number of hydrogen-bond donors (Lipinski definition) is 2. The quantitative estimate of drug-likeness (QED) is 0.227. The van der Waals surface area contributed by atoms with Crippen LogP contribution in [0.2, 0.25) is 0 Å². The van der Waals surface area contributed by atoms with E-state index in [1.54, 1.807) is 38.4 Å². The lowest BCUT2D eigenvalue weighted by atomic mass is 9.73. The molecule has 0 saturated carbocycles. The molecule has 2 aliphatic heterocycles. The van der Waals surface area contributed by atoms with Crippen molar-refractivity contribution in [3.63, 3.8) is 0 Å². The Morgan fingerprint density at radius 1 is 1.04 bits per heavy atom. The molecule has 1 saturated heterocycles. The van der Waals surface area contributed by atoms with Gasteiger partial charge < -0.3 is 29.3 Å². The SMILES string of the molecule is COc1ccc(N2CC3(C2)C(=O)N(C)c2cnc4cc(F)c(-c5cnc(OCCNC(C)C)c(NS(C)(=O)=O)c5)cc4c23)cc1OC. The first-order valence-electron chi connectivity index (χ1n) is 15.1. The lowest BCUT2D eigenvalue weighted by molar-refractivity contribution is -0.123. The molecule has 1 fully saturated rings. The molecular weight excluding hydrogens is 627 g/mol. The van der Waals surface area contributed by atoms with E-state index in [9.17, 15) is 13.2 Å². The average molecular weight is 665 g/mol. The fraction of sp³-hybridized carbons (Fsp3) is 0.364. The van der Waals surface area contributed by atoms with Crippen molar-refractivity contribution < 1.29 is 31.8 Å². The van der Waals surface area contributed by atoms with E-state index in [0.717, 1.165) is 17.5 Å². The van der Waals surface area contributed by atoms with E-state index >= 15 is 4.39 Å². The summed E-state index contributed by atoms with van der Waals surface area (Å²) in [7, 11) is 1.16. The van der Waals surface area contributed by atoms with E-state index in [1.807, 2.05) is 32.0 Å². The van der Waals surface area contributed by atoms with Gasteiger partial charge in [-0.25, -0.2) is 17.8 Å². The molecule has 12 nitrogen and oxygen atoms in total. The van der Waals surface area contributed by atoms with Crippen LogP contribution >= 0.6 is 0 Å². The van der Waals surface area contributed by atoms with Crippen molar-refractivity contribution in [2.24, 2.45) is 0 Å². The molecule has 248 valence electrons. The van der Waals surface area contributed by atoms with Gasteiger partial charge >= 0.3 is 0 Å². The number of sulfonamides is 1. The molecule has 0 bridgehead atoms. The Bertz CT molecular complexity index is 1980. The number of aromatic nitrogens is 2. The zero-order valence-electron chi connectivity index (χ0n) is 27.0. The number of hydrogen-bond acceptors (Lipinski definition) is 10. The van der Waals surface area contributed by atoms with Crippen molar-refractivity contribution in [1.29, 1.82) is 0 Å². The van der Waals surface area contributed by atoms with Crippen LogP contribution in [0.4, 0.5) is 21.5 Å². The lowest BCUT2D eigenvalue weighted by Crippen LogP contribution is -2.64. The molecule has 47 heavy (non-hydrogen) atoms. The zero-order chi connectivity index (χ0) is 33.7. The summed E-state index contributed by atoms with van der Waals surface area (Å²) in [5.41, 5.74) is 2.42. The number of pyridine rings is 2. The van der Waals surface area contributed by atoms with E-state index in [2.05, 4.69) is 24.9 Å². The molecule has 0 atom stereocenters. The van der Waals surface area contributed by atoms with Crippen molar-refractivity contribution in [1.82, 2.24) is 15.3 Å². The number of rotatable bonds is 11. The number of nitrogens with zero attached hydrogens (tertiary/aromatic N) is 4. The fourth-order valence-electron chi connectivity index (χ4n) is 6.30. The van der Waals surface area contributed by atoms with Crippen molar-refractivity contribution >= 4 is 43.9 Å². The Kier molecular flexibility index (Phi) is 8.34. The molecule has 4 aromatic rings. The highest BCUT2D eigenvalue weighted by Crippen LogP contribution is 2.51. The number of halogens is 1. The van der Waals surface area contributed by atoms with E-state index in [0.29, 0.717) is 53.3 Å². The molecule has 2 aromatic carbocycles. The minimum absolute atomic E-state index is 0.0702. The summed E-state index contributed by atoms with van der Waals surface area (Å²) >= 11 is 0. The second-order valence-electron chi connectivity index (χ2n) is 12.1. The van der Waals surface area contributed by atoms with E-state index in [-0.39, 0.29) is 35.7 Å². The largest absolute Gasteiger partial charge is 0.493 e. The van der Waals surface area contributed by atoms with Crippen LogP contribution in [0.5, 0.6) is 17.4 Å². The van der Waals surface area contributed by atoms with Gasteiger partial charge in [0.1, 0.15) is 23.5 Å². The predicted octanol–water partition coefficient (Wildman–Crippen LogP) is 3.94. The van der Waals surface area contributed by atoms with Crippen molar-refractivity contribution in [2.45, 2.75) is 25.3 Å². The Labute approximate surface area is 272 Å². The van der Waals surface area contributed by atoms with Gasteiger partial charge in [-0.05, 0) is 24.3 Å². The Hall–Kier alpha value is -4.69. The molecule has 0 unspecified atom stereocenters. The highest BCUT2D eigenvalue weighted by Gasteiger charge is 2.58. The van der Waals surface area contributed by atoms with Gasteiger partial charge in [-0.3, -0.25) is 14.5 Å². The highest BCUT2D eigenvalue weighted by atomic mass is 32.2. The maximum atomic E-state index is 15.8. The van der Waals surface area contributed by atoms with Crippen LogP contribution in [0.1, 0.15) is 19.4 Å². The highest BCUT2D eigenvalue weighted by molar-refractivity contribution is 7.92. The molecule has 1 amide bonds. The van der Waals surface area contributed by atoms with Gasteiger partial charge in [-0.15, -0.1) is 0 Å². The first-order chi connectivity index (χ1) is 22.3. The topological polar surface area (TPSA) is 135 Å². The number of anilines is 3. The van der Waals surface area contributed by atoms with Gasteiger partial charge in [0.05, 0.1) is 37.9 Å². The van der Waals surface area contributed by atoms with Crippen LogP contribution in [0.25, 0.3) is 22.0 Å². The summed E-state index contributed by atoms with van der Waals surface area (Å²) in [6.07, 6.45) is 4.07. The van der Waals surface area contributed by atoms with Gasteiger partial charge in [0.25, 0.3) is 0 Å². The summed E-state index contributed by atoms with van der Waals surface area (Å²) in [6, 6.07) is 10.4.